The predicted octanol–water partition coefficient (Wildman–Crippen LogP) is 3.84. The first-order chi connectivity index (χ1) is 9.33. The molecular weight excluding hydrogens is 278 g/mol. The lowest BCUT2D eigenvalue weighted by molar-refractivity contribution is 0.774. The van der Waals surface area contributed by atoms with Gasteiger partial charge in [-0.05, 0) is 35.6 Å². The number of thiophene rings is 1. The second kappa shape index (κ2) is 5.31. The van der Waals surface area contributed by atoms with Crippen molar-refractivity contribution >= 4 is 34.1 Å². The van der Waals surface area contributed by atoms with E-state index in [-0.39, 0.29) is 0 Å². The fourth-order valence-corrected chi connectivity index (χ4v) is 3.41. The Kier molecular flexibility index (Phi) is 3.53. The molecule has 0 radical (unpaired) electrons. The first kappa shape index (κ1) is 12.6. The summed E-state index contributed by atoms with van der Waals surface area (Å²) in [6.45, 7) is 2.98. The Bertz CT molecular complexity index is 702. The fourth-order valence-electron chi connectivity index (χ4n) is 2.24. The van der Waals surface area contributed by atoms with E-state index in [0.29, 0.717) is 5.88 Å². The van der Waals surface area contributed by atoms with Crippen LogP contribution in [0.15, 0.2) is 29.8 Å². The molecule has 0 aliphatic rings. The topological polar surface area (TPSA) is 30.7 Å². The van der Waals surface area contributed by atoms with Crippen LogP contribution in [-0.2, 0) is 18.8 Å². The van der Waals surface area contributed by atoms with Gasteiger partial charge in [-0.2, -0.15) is 0 Å². The van der Waals surface area contributed by atoms with Crippen molar-refractivity contribution in [3.8, 4) is 0 Å². The number of rotatable bonds is 4. The van der Waals surface area contributed by atoms with Crippen LogP contribution in [0, 0.1) is 0 Å². The molecule has 0 saturated carbocycles. The number of hydrogen-bond acceptors (Lipinski definition) is 3. The van der Waals surface area contributed by atoms with Crippen LogP contribution in [-0.4, -0.2) is 14.5 Å². The van der Waals surface area contributed by atoms with Crippen molar-refractivity contribution in [1.82, 2.24) is 14.5 Å². The van der Waals surface area contributed by atoms with Gasteiger partial charge in [-0.15, -0.1) is 22.9 Å². The average Bonchev–Trinajstić information content (AvgIpc) is 3.04. The highest BCUT2D eigenvalue weighted by Crippen LogP contribution is 2.22. The number of aromatic nitrogens is 3. The molecule has 0 aliphatic heterocycles. The molecule has 0 atom stereocenters. The predicted molar refractivity (Wildman–Crippen MR) is 79.9 cm³/mol. The number of pyridine rings is 1. The summed E-state index contributed by atoms with van der Waals surface area (Å²) < 4.78 is 2.12. The van der Waals surface area contributed by atoms with E-state index in [4.69, 9.17) is 11.6 Å². The molecule has 0 saturated heterocycles. The highest BCUT2D eigenvalue weighted by molar-refractivity contribution is 7.10. The van der Waals surface area contributed by atoms with Gasteiger partial charge in [0.1, 0.15) is 11.3 Å². The summed E-state index contributed by atoms with van der Waals surface area (Å²) >= 11 is 7.79. The highest BCUT2D eigenvalue weighted by atomic mass is 35.5. The molecule has 0 bridgehead atoms. The van der Waals surface area contributed by atoms with Crippen molar-refractivity contribution in [2.24, 2.45) is 0 Å². The van der Waals surface area contributed by atoms with Crippen LogP contribution >= 0.6 is 22.9 Å². The van der Waals surface area contributed by atoms with Crippen LogP contribution in [0.25, 0.3) is 11.2 Å². The van der Waals surface area contributed by atoms with Gasteiger partial charge in [0.2, 0.25) is 0 Å². The van der Waals surface area contributed by atoms with E-state index in [1.165, 1.54) is 10.4 Å². The van der Waals surface area contributed by atoms with Gasteiger partial charge in [-0.25, -0.2) is 9.97 Å². The first-order valence-corrected chi connectivity index (χ1v) is 7.66. The summed E-state index contributed by atoms with van der Waals surface area (Å²) in [5.41, 5.74) is 3.21. The van der Waals surface area contributed by atoms with Crippen molar-refractivity contribution in [2.75, 3.05) is 0 Å². The number of nitrogens with zero attached hydrogens (tertiary/aromatic N) is 3. The lowest BCUT2D eigenvalue weighted by Crippen LogP contribution is -2.04. The Morgan fingerprint density at radius 3 is 3.05 bits per heavy atom. The van der Waals surface area contributed by atoms with Gasteiger partial charge in [0, 0.05) is 11.1 Å². The van der Waals surface area contributed by atoms with E-state index in [2.05, 4.69) is 32.9 Å². The van der Waals surface area contributed by atoms with Crippen molar-refractivity contribution in [1.29, 1.82) is 0 Å². The molecule has 3 aromatic heterocycles. The van der Waals surface area contributed by atoms with Crippen molar-refractivity contribution < 1.29 is 0 Å². The maximum atomic E-state index is 6.01. The molecular formula is C14H14ClN3S. The van der Waals surface area contributed by atoms with Gasteiger partial charge in [0.25, 0.3) is 0 Å². The van der Waals surface area contributed by atoms with E-state index in [9.17, 15) is 0 Å². The summed E-state index contributed by atoms with van der Waals surface area (Å²) in [5, 5.41) is 2.14. The van der Waals surface area contributed by atoms with Crippen molar-refractivity contribution in [3.63, 3.8) is 0 Å². The molecule has 3 heterocycles. The second-order valence-corrected chi connectivity index (χ2v) is 5.58. The van der Waals surface area contributed by atoms with E-state index in [0.717, 1.165) is 30.0 Å². The first-order valence-electron chi connectivity index (χ1n) is 6.24. The van der Waals surface area contributed by atoms with Crippen LogP contribution in [0.2, 0.25) is 0 Å². The minimum Gasteiger partial charge on any atom is -0.306 e. The molecule has 0 fully saturated rings. The minimum absolute atomic E-state index is 0.406. The molecule has 0 amide bonds. The average molecular weight is 292 g/mol. The Labute approximate surface area is 120 Å². The highest BCUT2D eigenvalue weighted by Gasteiger charge is 2.13. The third-order valence-corrected chi connectivity index (χ3v) is 4.41. The maximum absolute atomic E-state index is 6.01. The molecule has 98 valence electrons. The Hall–Kier alpha value is -1.39. The Morgan fingerprint density at radius 2 is 2.26 bits per heavy atom. The number of hydrogen-bond donors (Lipinski definition) is 0. The van der Waals surface area contributed by atoms with Gasteiger partial charge in [0.15, 0.2) is 5.65 Å². The van der Waals surface area contributed by atoms with Gasteiger partial charge < -0.3 is 4.57 Å². The summed E-state index contributed by atoms with van der Waals surface area (Å²) in [6.07, 6.45) is 2.85. The second-order valence-electron chi connectivity index (χ2n) is 4.32. The zero-order valence-electron chi connectivity index (χ0n) is 10.6. The normalized spacial score (nSPS) is 11.3. The van der Waals surface area contributed by atoms with E-state index in [1.807, 2.05) is 12.1 Å². The number of alkyl halides is 1. The molecule has 3 rings (SSSR count). The standard InChI is InChI=1S/C14H14ClN3S/c1-2-10-5-7-19-12(10)9-18-13(8-15)17-11-4-3-6-16-14(11)18/h3-7H,2,8-9H2,1H3. The Morgan fingerprint density at radius 1 is 1.37 bits per heavy atom. The van der Waals surface area contributed by atoms with Gasteiger partial charge in [-0.3, -0.25) is 0 Å². The van der Waals surface area contributed by atoms with Crippen LogP contribution in [0.1, 0.15) is 23.2 Å². The molecule has 0 unspecified atom stereocenters. The third kappa shape index (κ3) is 2.26. The largest absolute Gasteiger partial charge is 0.306 e. The van der Waals surface area contributed by atoms with Gasteiger partial charge in [0.05, 0.1) is 12.4 Å². The molecule has 3 nitrogen and oxygen atoms in total. The van der Waals surface area contributed by atoms with Crippen molar-refractivity contribution in [2.45, 2.75) is 25.8 Å². The summed E-state index contributed by atoms with van der Waals surface area (Å²) in [7, 11) is 0. The SMILES string of the molecule is CCc1ccsc1Cn1c(CCl)nc2cccnc21. The monoisotopic (exact) mass is 291 g/mol. The van der Waals surface area contributed by atoms with E-state index in [1.54, 1.807) is 17.5 Å². The molecule has 0 N–H and O–H groups in total. The van der Waals surface area contributed by atoms with E-state index >= 15 is 0 Å². The summed E-state index contributed by atoms with van der Waals surface area (Å²) in [5.74, 6) is 1.29. The number of imidazole rings is 1. The smallest absolute Gasteiger partial charge is 0.160 e. The quantitative estimate of drug-likeness (QED) is 0.684. The molecule has 19 heavy (non-hydrogen) atoms. The zero-order chi connectivity index (χ0) is 13.2. The number of fused-ring (bicyclic) bond motifs is 1. The summed E-state index contributed by atoms with van der Waals surface area (Å²) in [4.78, 5) is 10.3. The molecule has 3 aromatic rings. The fraction of sp³-hybridized carbons (Fsp3) is 0.286. The lowest BCUT2D eigenvalue weighted by Gasteiger charge is -2.07. The van der Waals surface area contributed by atoms with Gasteiger partial charge >= 0.3 is 0 Å². The third-order valence-electron chi connectivity index (χ3n) is 3.22. The van der Waals surface area contributed by atoms with Gasteiger partial charge in [-0.1, -0.05) is 6.92 Å². The molecule has 0 aromatic carbocycles. The Balaban J connectivity index is 2.09. The maximum Gasteiger partial charge on any atom is 0.160 e. The molecule has 0 aliphatic carbocycles. The number of aryl methyl sites for hydroxylation is 1. The van der Waals surface area contributed by atoms with E-state index < -0.39 is 0 Å². The summed E-state index contributed by atoms with van der Waals surface area (Å²) in [6, 6.07) is 6.07. The van der Waals surface area contributed by atoms with Crippen LogP contribution in [0.4, 0.5) is 0 Å². The van der Waals surface area contributed by atoms with Crippen molar-refractivity contribution in [3.05, 3.63) is 46.0 Å². The van der Waals surface area contributed by atoms with Crippen LogP contribution in [0.5, 0.6) is 0 Å². The van der Waals surface area contributed by atoms with Crippen LogP contribution in [0.3, 0.4) is 0 Å². The van der Waals surface area contributed by atoms with Crippen LogP contribution < -0.4 is 0 Å². The number of halogens is 1. The minimum atomic E-state index is 0.406. The zero-order valence-corrected chi connectivity index (χ0v) is 12.2. The lowest BCUT2D eigenvalue weighted by atomic mass is 10.2. The molecule has 0 spiro atoms. The molecule has 5 heteroatoms.